The third-order valence-corrected chi connectivity index (χ3v) is 3.22. The Hall–Kier alpha value is -2.29. The number of phenolic OH excluding ortho intramolecular Hbond substituents is 1. The molecule has 1 aromatic heterocycles. The number of hydrogen-bond donors (Lipinski definition) is 2. The average Bonchev–Trinajstić information content (AvgIpc) is 2.46. The molecule has 24 heavy (non-hydrogen) atoms. The van der Waals surface area contributed by atoms with E-state index in [0.29, 0.717) is 11.8 Å². The summed E-state index contributed by atoms with van der Waals surface area (Å²) >= 11 is 0. The summed E-state index contributed by atoms with van der Waals surface area (Å²) in [4.78, 5) is 0. The molecule has 0 aliphatic heterocycles. The van der Waals surface area contributed by atoms with Gasteiger partial charge >= 0.3 is 6.18 Å². The first-order valence-electron chi connectivity index (χ1n) is 6.91. The Kier molecular flexibility index (Phi) is 5.33. The zero-order chi connectivity index (χ0) is 17.9. The summed E-state index contributed by atoms with van der Waals surface area (Å²) in [6.07, 6.45) is -7.05. The lowest BCUT2D eigenvalue weighted by Gasteiger charge is -2.13. The van der Waals surface area contributed by atoms with Gasteiger partial charge in [-0.15, -0.1) is 0 Å². The second kappa shape index (κ2) is 7.08. The highest BCUT2D eigenvalue weighted by Gasteiger charge is 2.32. The fraction of sp³-hybridized carbons (Fsp3) is 0.333. The molecule has 0 spiro atoms. The number of alkyl halides is 5. The van der Waals surface area contributed by atoms with Gasteiger partial charge in [0.2, 0.25) is 0 Å². The minimum atomic E-state index is -4.56. The van der Waals surface area contributed by atoms with Gasteiger partial charge in [-0.3, -0.25) is 0 Å². The number of phenols is 1. The highest BCUT2D eigenvalue weighted by molar-refractivity contribution is 5.71. The molecule has 0 saturated carbocycles. The van der Waals surface area contributed by atoms with Gasteiger partial charge < -0.3 is 10.4 Å². The number of rotatable bonds is 5. The van der Waals surface area contributed by atoms with E-state index in [1.165, 1.54) is 19.1 Å². The van der Waals surface area contributed by atoms with E-state index in [2.05, 4.69) is 15.5 Å². The van der Waals surface area contributed by atoms with Crippen molar-refractivity contribution in [2.24, 2.45) is 0 Å². The number of aryl methyl sites for hydroxylation is 1. The number of nitrogens with one attached hydrogen (secondary N) is 1. The van der Waals surface area contributed by atoms with Gasteiger partial charge in [0.05, 0.1) is 23.5 Å². The van der Waals surface area contributed by atoms with Gasteiger partial charge in [-0.05, 0) is 36.8 Å². The van der Waals surface area contributed by atoms with Gasteiger partial charge in [0, 0.05) is 12.1 Å². The molecule has 0 amide bonds. The Balaban J connectivity index is 2.23. The fourth-order valence-electron chi connectivity index (χ4n) is 2.16. The first-order chi connectivity index (χ1) is 11.2. The van der Waals surface area contributed by atoms with E-state index >= 15 is 0 Å². The topological polar surface area (TPSA) is 58.0 Å². The molecule has 9 heteroatoms. The number of benzene rings is 1. The van der Waals surface area contributed by atoms with Gasteiger partial charge in [-0.1, -0.05) is 0 Å². The van der Waals surface area contributed by atoms with Crippen LogP contribution in [0, 0.1) is 6.92 Å². The van der Waals surface area contributed by atoms with Gasteiger partial charge in [0.15, 0.2) is 0 Å². The molecular formula is C15H14F5N3O. The molecule has 0 aliphatic rings. The maximum atomic E-state index is 12.7. The van der Waals surface area contributed by atoms with E-state index < -0.39 is 30.5 Å². The van der Waals surface area contributed by atoms with Crippen LogP contribution >= 0.6 is 0 Å². The summed E-state index contributed by atoms with van der Waals surface area (Å²) in [5.74, 6) is -0.555. The molecule has 130 valence electrons. The third-order valence-electron chi connectivity index (χ3n) is 3.22. The van der Waals surface area contributed by atoms with Crippen molar-refractivity contribution >= 4 is 0 Å². The molecule has 0 fully saturated rings. The van der Waals surface area contributed by atoms with E-state index in [1.54, 1.807) is 0 Å². The Labute approximate surface area is 134 Å². The van der Waals surface area contributed by atoms with Crippen LogP contribution in [0.25, 0.3) is 11.3 Å². The van der Waals surface area contributed by atoms with Crippen LogP contribution in [0.2, 0.25) is 0 Å². The van der Waals surface area contributed by atoms with Crippen molar-refractivity contribution in [2.75, 3.05) is 6.54 Å². The molecular weight excluding hydrogens is 333 g/mol. The minimum absolute atomic E-state index is 0.0790. The van der Waals surface area contributed by atoms with Crippen molar-refractivity contribution < 1.29 is 27.1 Å². The molecule has 0 radical (unpaired) electrons. The molecule has 0 bridgehead atoms. The molecule has 1 aromatic carbocycles. The molecule has 1 heterocycles. The predicted molar refractivity (Wildman–Crippen MR) is 76.6 cm³/mol. The van der Waals surface area contributed by atoms with Crippen molar-refractivity contribution in [3.63, 3.8) is 0 Å². The van der Waals surface area contributed by atoms with Gasteiger partial charge in [0.25, 0.3) is 6.43 Å². The summed E-state index contributed by atoms with van der Waals surface area (Å²) in [5.41, 5.74) is -0.0374. The lowest BCUT2D eigenvalue weighted by atomic mass is 10.0. The van der Waals surface area contributed by atoms with E-state index in [-0.39, 0.29) is 23.4 Å². The number of aromatic nitrogens is 2. The van der Waals surface area contributed by atoms with Gasteiger partial charge in [-0.25, -0.2) is 8.78 Å². The predicted octanol–water partition coefficient (Wildman–Crippen LogP) is 3.53. The molecule has 2 rings (SSSR count). The molecule has 2 aromatic rings. The molecule has 0 atom stereocenters. The summed E-state index contributed by atoms with van der Waals surface area (Å²) in [7, 11) is 0. The van der Waals surface area contributed by atoms with Crippen LogP contribution in [0.15, 0.2) is 24.3 Å². The number of aromatic hydroxyl groups is 1. The van der Waals surface area contributed by atoms with E-state index in [1.807, 2.05) is 0 Å². The first kappa shape index (κ1) is 18.1. The number of nitrogens with zero attached hydrogens (tertiary/aromatic N) is 2. The number of hydrogen-bond acceptors (Lipinski definition) is 4. The molecule has 0 unspecified atom stereocenters. The molecule has 0 aliphatic carbocycles. The maximum Gasteiger partial charge on any atom is 0.416 e. The van der Waals surface area contributed by atoms with Crippen LogP contribution in [-0.4, -0.2) is 28.3 Å². The lowest BCUT2D eigenvalue weighted by molar-refractivity contribution is -0.137. The second-order valence-electron chi connectivity index (χ2n) is 5.12. The molecule has 0 saturated heterocycles. The minimum Gasteiger partial charge on any atom is -0.507 e. The van der Waals surface area contributed by atoms with E-state index in [0.717, 1.165) is 6.07 Å². The van der Waals surface area contributed by atoms with Gasteiger partial charge in [-0.2, -0.15) is 23.4 Å². The van der Waals surface area contributed by atoms with Crippen LogP contribution in [0.4, 0.5) is 22.0 Å². The van der Waals surface area contributed by atoms with Crippen LogP contribution in [0.3, 0.4) is 0 Å². The summed E-state index contributed by atoms with van der Waals surface area (Å²) in [6.45, 7) is 1.02. The summed E-state index contributed by atoms with van der Waals surface area (Å²) < 4.78 is 62.2. The van der Waals surface area contributed by atoms with Crippen LogP contribution in [0.1, 0.15) is 16.8 Å². The smallest absolute Gasteiger partial charge is 0.416 e. The Morgan fingerprint density at radius 3 is 2.38 bits per heavy atom. The Morgan fingerprint density at radius 1 is 1.17 bits per heavy atom. The molecule has 2 N–H and O–H groups in total. The van der Waals surface area contributed by atoms with Crippen molar-refractivity contribution in [1.29, 1.82) is 0 Å². The highest BCUT2D eigenvalue weighted by Crippen LogP contribution is 2.38. The maximum absolute atomic E-state index is 12.7. The first-order valence-corrected chi connectivity index (χ1v) is 6.91. The third kappa shape index (κ3) is 4.38. The Morgan fingerprint density at radius 2 is 1.88 bits per heavy atom. The standard InChI is InChI=1S/C15H14F5N3O/c1-8-4-9(15(18,19)20)5-12(24)14(8)11-3-2-10(22-23-11)6-21-7-13(16)17/h2-5,13,21,24H,6-7H2,1H3. The Bertz CT molecular complexity index is 678. The average molecular weight is 347 g/mol. The van der Waals surface area contributed by atoms with E-state index in [9.17, 15) is 27.1 Å². The number of halogens is 5. The quantitative estimate of drug-likeness (QED) is 0.813. The second-order valence-corrected chi connectivity index (χ2v) is 5.12. The van der Waals surface area contributed by atoms with Crippen LogP contribution in [0.5, 0.6) is 5.75 Å². The summed E-state index contributed by atoms with van der Waals surface area (Å²) in [5, 5.41) is 20.0. The van der Waals surface area contributed by atoms with Gasteiger partial charge in [0.1, 0.15) is 5.75 Å². The van der Waals surface area contributed by atoms with Crippen LogP contribution in [-0.2, 0) is 12.7 Å². The normalized spacial score (nSPS) is 12.0. The SMILES string of the molecule is Cc1cc(C(F)(F)F)cc(O)c1-c1ccc(CNCC(F)F)nn1. The van der Waals surface area contributed by atoms with Crippen LogP contribution < -0.4 is 5.32 Å². The van der Waals surface area contributed by atoms with Crippen molar-refractivity contribution in [3.8, 4) is 17.0 Å². The zero-order valence-corrected chi connectivity index (χ0v) is 12.5. The largest absolute Gasteiger partial charge is 0.507 e. The van der Waals surface area contributed by atoms with E-state index in [4.69, 9.17) is 0 Å². The van der Waals surface area contributed by atoms with Crippen molar-refractivity contribution in [1.82, 2.24) is 15.5 Å². The lowest BCUT2D eigenvalue weighted by Crippen LogP contribution is -2.21. The molecule has 4 nitrogen and oxygen atoms in total. The highest BCUT2D eigenvalue weighted by atomic mass is 19.4. The zero-order valence-electron chi connectivity index (χ0n) is 12.5. The fourth-order valence-corrected chi connectivity index (χ4v) is 2.16. The van der Waals surface area contributed by atoms with Crippen molar-refractivity contribution in [2.45, 2.75) is 26.1 Å². The van der Waals surface area contributed by atoms with Crippen molar-refractivity contribution in [3.05, 3.63) is 41.1 Å². The monoisotopic (exact) mass is 347 g/mol. The summed E-state index contributed by atoms with van der Waals surface area (Å²) in [6, 6.07) is 4.50.